The van der Waals surface area contributed by atoms with E-state index in [2.05, 4.69) is 27.5 Å². The van der Waals surface area contributed by atoms with Gasteiger partial charge in [0.15, 0.2) is 5.82 Å². The van der Waals surface area contributed by atoms with Crippen LogP contribution in [0.5, 0.6) is 0 Å². The maximum Gasteiger partial charge on any atom is 0.251 e. The van der Waals surface area contributed by atoms with Gasteiger partial charge in [-0.1, -0.05) is 37.5 Å². The molecule has 1 heterocycles. The van der Waals surface area contributed by atoms with Crippen LogP contribution >= 0.6 is 0 Å². The van der Waals surface area contributed by atoms with Crippen LogP contribution in [0.25, 0.3) is 0 Å². The minimum absolute atomic E-state index is 0.0351. The molecule has 2 aliphatic carbocycles. The number of carbonyl (C=O) groups excluding carboxylic acids is 1. The molecule has 0 unspecified atom stereocenters. The Kier molecular flexibility index (Phi) is 6.44. The van der Waals surface area contributed by atoms with Gasteiger partial charge in [-0.3, -0.25) is 9.78 Å². The number of nitrogens with zero attached hydrogens (tertiary/aromatic N) is 1. The normalized spacial score (nSPS) is 18.0. The van der Waals surface area contributed by atoms with Crippen molar-refractivity contribution in [3.63, 3.8) is 0 Å². The van der Waals surface area contributed by atoms with E-state index in [4.69, 9.17) is 0 Å². The molecule has 2 fully saturated rings. The van der Waals surface area contributed by atoms with Crippen LogP contribution < -0.4 is 10.6 Å². The van der Waals surface area contributed by atoms with Crippen LogP contribution in [-0.2, 0) is 0 Å². The molecule has 2 N–H and O–H groups in total. The first-order valence-electron chi connectivity index (χ1n) is 10.9. The predicted molar refractivity (Wildman–Crippen MR) is 116 cm³/mol. The van der Waals surface area contributed by atoms with Crippen molar-refractivity contribution in [1.29, 1.82) is 0 Å². The molecule has 4 rings (SSSR count). The standard InChI is InChI=1S/C25H28FN3O/c26-23-17-27-16-13-20(23)8-5-19-6-9-21(10-7-19)24(30)28-18-25(29-22-11-12-22)14-3-1-2-4-15-25/h6-7,9-10,13,16-17,22,29H,1-4,11-12,14-15,18H2,(H,28,30). The van der Waals surface area contributed by atoms with Crippen LogP contribution in [-0.4, -0.2) is 29.0 Å². The third-order valence-corrected chi connectivity index (χ3v) is 6.00. The average Bonchev–Trinajstić information content (AvgIpc) is 3.60. The van der Waals surface area contributed by atoms with Gasteiger partial charge in [-0.2, -0.15) is 0 Å². The number of benzene rings is 1. The number of carbonyl (C=O) groups is 1. The zero-order valence-electron chi connectivity index (χ0n) is 17.2. The molecule has 0 aliphatic heterocycles. The predicted octanol–water partition coefficient (Wildman–Crippen LogP) is 4.20. The van der Waals surface area contributed by atoms with E-state index in [1.165, 1.54) is 44.7 Å². The molecule has 1 aromatic heterocycles. The van der Waals surface area contributed by atoms with E-state index in [0.717, 1.165) is 24.6 Å². The third-order valence-electron chi connectivity index (χ3n) is 6.00. The van der Waals surface area contributed by atoms with Crippen molar-refractivity contribution >= 4 is 5.91 Å². The number of halogens is 1. The summed E-state index contributed by atoms with van der Waals surface area (Å²) in [6.07, 6.45) is 12.4. The minimum atomic E-state index is -0.437. The zero-order valence-corrected chi connectivity index (χ0v) is 17.2. The maximum absolute atomic E-state index is 13.6. The molecule has 0 atom stereocenters. The van der Waals surface area contributed by atoms with Crippen molar-refractivity contribution in [2.45, 2.75) is 62.9 Å². The van der Waals surface area contributed by atoms with Gasteiger partial charge >= 0.3 is 0 Å². The first kappa shape index (κ1) is 20.6. The maximum atomic E-state index is 13.6. The van der Waals surface area contributed by atoms with Crippen molar-refractivity contribution in [2.75, 3.05) is 6.54 Å². The topological polar surface area (TPSA) is 54.0 Å². The Hall–Kier alpha value is -2.71. The van der Waals surface area contributed by atoms with E-state index in [0.29, 0.717) is 23.7 Å². The Labute approximate surface area is 177 Å². The highest BCUT2D eigenvalue weighted by Gasteiger charge is 2.36. The summed E-state index contributed by atoms with van der Waals surface area (Å²) in [7, 11) is 0. The van der Waals surface area contributed by atoms with Crippen molar-refractivity contribution in [3.05, 3.63) is 65.2 Å². The molecule has 1 aromatic carbocycles. The van der Waals surface area contributed by atoms with Gasteiger partial charge in [0.25, 0.3) is 5.91 Å². The number of hydrogen-bond donors (Lipinski definition) is 2. The molecule has 0 radical (unpaired) electrons. The first-order chi connectivity index (χ1) is 14.6. The van der Waals surface area contributed by atoms with Crippen LogP contribution in [0.4, 0.5) is 4.39 Å². The van der Waals surface area contributed by atoms with E-state index in [9.17, 15) is 9.18 Å². The Morgan fingerprint density at radius 3 is 2.47 bits per heavy atom. The summed E-state index contributed by atoms with van der Waals surface area (Å²) < 4.78 is 13.6. The largest absolute Gasteiger partial charge is 0.350 e. The molecule has 2 aliphatic rings. The number of aromatic nitrogens is 1. The lowest BCUT2D eigenvalue weighted by atomic mass is 9.89. The van der Waals surface area contributed by atoms with Gasteiger partial charge in [0, 0.05) is 35.4 Å². The molecular weight excluding hydrogens is 377 g/mol. The van der Waals surface area contributed by atoms with E-state index in [-0.39, 0.29) is 11.4 Å². The fourth-order valence-electron chi connectivity index (χ4n) is 4.11. The highest BCUT2D eigenvalue weighted by Crippen LogP contribution is 2.31. The Bertz CT molecular complexity index is 933. The SMILES string of the molecule is O=C(NCC1(NC2CC2)CCCCCC1)c1ccc(C#Cc2ccncc2F)cc1. The quantitative estimate of drug-likeness (QED) is 0.579. The molecule has 5 heteroatoms. The summed E-state index contributed by atoms with van der Waals surface area (Å²) in [5.41, 5.74) is 1.70. The van der Waals surface area contributed by atoms with Crippen molar-refractivity contribution in [3.8, 4) is 11.8 Å². The van der Waals surface area contributed by atoms with Crippen molar-refractivity contribution < 1.29 is 9.18 Å². The van der Waals surface area contributed by atoms with Gasteiger partial charge in [-0.05, 0) is 56.0 Å². The lowest BCUT2D eigenvalue weighted by Gasteiger charge is -2.34. The molecule has 0 saturated heterocycles. The zero-order chi connectivity index (χ0) is 20.8. The molecule has 0 bridgehead atoms. The van der Waals surface area contributed by atoms with Crippen molar-refractivity contribution in [2.24, 2.45) is 0 Å². The van der Waals surface area contributed by atoms with E-state index < -0.39 is 5.82 Å². The van der Waals surface area contributed by atoms with Crippen LogP contribution in [0.3, 0.4) is 0 Å². The second-order valence-electron chi connectivity index (χ2n) is 8.48. The van der Waals surface area contributed by atoms with Gasteiger partial charge in [0.1, 0.15) is 0 Å². The highest BCUT2D eigenvalue weighted by atomic mass is 19.1. The third kappa shape index (κ3) is 5.46. The van der Waals surface area contributed by atoms with E-state index >= 15 is 0 Å². The van der Waals surface area contributed by atoms with Crippen LogP contribution in [0.15, 0.2) is 42.7 Å². The fraction of sp³-hybridized carbons (Fsp3) is 0.440. The first-order valence-corrected chi connectivity index (χ1v) is 10.9. The Morgan fingerprint density at radius 1 is 1.07 bits per heavy atom. The highest BCUT2D eigenvalue weighted by molar-refractivity contribution is 5.94. The molecule has 1 amide bonds. The summed E-state index contributed by atoms with van der Waals surface area (Å²) >= 11 is 0. The number of rotatable bonds is 5. The summed E-state index contributed by atoms with van der Waals surface area (Å²) in [4.78, 5) is 16.4. The number of amides is 1. The molecule has 0 spiro atoms. The Balaban J connectivity index is 1.38. The second kappa shape index (κ2) is 9.40. The smallest absolute Gasteiger partial charge is 0.251 e. The van der Waals surface area contributed by atoms with E-state index in [1.807, 2.05) is 0 Å². The van der Waals surface area contributed by atoms with Crippen LogP contribution in [0.2, 0.25) is 0 Å². The summed E-state index contributed by atoms with van der Waals surface area (Å²) in [6, 6.07) is 9.31. The van der Waals surface area contributed by atoms with Gasteiger partial charge in [-0.25, -0.2) is 4.39 Å². The lowest BCUT2D eigenvalue weighted by molar-refractivity contribution is 0.0934. The molecule has 2 saturated carbocycles. The Morgan fingerprint density at radius 2 is 1.80 bits per heavy atom. The lowest BCUT2D eigenvalue weighted by Crippen LogP contribution is -2.54. The summed E-state index contributed by atoms with van der Waals surface area (Å²) in [6.45, 7) is 0.672. The average molecular weight is 406 g/mol. The number of nitrogens with one attached hydrogen (secondary N) is 2. The minimum Gasteiger partial charge on any atom is -0.350 e. The van der Waals surface area contributed by atoms with Gasteiger partial charge < -0.3 is 10.6 Å². The molecule has 2 aromatic rings. The summed E-state index contributed by atoms with van der Waals surface area (Å²) in [5.74, 6) is 5.24. The van der Waals surface area contributed by atoms with E-state index in [1.54, 1.807) is 30.3 Å². The van der Waals surface area contributed by atoms with Gasteiger partial charge in [0.05, 0.1) is 11.8 Å². The van der Waals surface area contributed by atoms with Gasteiger partial charge in [0.2, 0.25) is 0 Å². The fourth-order valence-corrected chi connectivity index (χ4v) is 4.11. The summed E-state index contributed by atoms with van der Waals surface area (Å²) in [5, 5.41) is 6.99. The van der Waals surface area contributed by atoms with Crippen molar-refractivity contribution in [1.82, 2.24) is 15.6 Å². The molecule has 156 valence electrons. The number of pyridine rings is 1. The van der Waals surface area contributed by atoms with Crippen LogP contribution in [0.1, 0.15) is 72.9 Å². The number of hydrogen-bond acceptors (Lipinski definition) is 3. The molecule has 4 nitrogen and oxygen atoms in total. The van der Waals surface area contributed by atoms with Gasteiger partial charge in [-0.15, -0.1) is 0 Å². The monoisotopic (exact) mass is 405 g/mol. The molecular formula is C25H28FN3O. The second-order valence-corrected chi connectivity index (χ2v) is 8.48. The molecule has 30 heavy (non-hydrogen) atoms. The van der Waals surface area contributed by atoms with Crippen LogP contribution in [0, 0.1) is 17.7 Å².